The van der Waals surface area contributed by atoms with Gasteiger partial charge >= 0.3 is 0 Å². The zero-order valence-corrected chi connectivity index (χ0v) is 13.8. The van der Waals surface area contributed by atoms with Gasteiger partial charge in [-0.15, -0.1) is 0 Å². The predicted molar refractivity (Wildman–Crippen MR) is 94.9 cm³/mol. The highest BCUT2D eigenvalue weighted by Gasteiger charge is 2.14. The van der Waals surface area contributed by atoms with Crippen LogP contribution >= 0.6 is 0 Å². The van der Waals surface area contributed by atoms with Crippen LogP contribution in [0.25, 0.3) is 10.8 Å². The summed E-state index contributed by atoms with van der Waals surface area (Å²) >= 11 is 0. The number of aromatic nitrogens is 1. The summed E-state index contributed by atoms with van der Waals surface area (Å²) in [6, 6.07) is 17.6. The Hall–Kier alpha value is -2.72. The quantitative estimate of drug-likeness (QED) is 0.803. The van der Waals surface area contributed by atoms with Crippen LogP contribution in [0.4, 0.5) is 0 Å². The molecule has 0 aliphatic heterocycles. The van der Waals surface area contributed by atoms with Gasteiger partial charge in [0.1, 0.15) is 0 Å². The van der Waals surface area contributed by atoms with E-state index in [1.807, 2.05) is 24.3 Å². The fourth-order valence-corrected chi connectivity index (χ4v) is 2.77. The fraction of sp³-hybridized carbons (Fsp3) is 0.200. The monoisotopic (exact) mass is 320 g/mol. The molecule has 0 aliphatic carbocycles. The number of aliphatic hydroxyl groups excluding tert-OH is 1. The molecule has 24 heavy (non-hydrogen) atoms. The molecule has 3 aromatic rings. The Kier molecular flexibility index (Phi) is 4.58. The maximum absolute atomic E-state index is 11.9. The van der Waals surface area contributed by atoms with Gasteiger partial charge in [-0.1, -0.05) is 42.5 Å². The van der Waals surface area contributed by atoms with Crippen molar-refractivity contribution in [2.45, 2.75) is 12.5 Å². The Morgan fingerprint density at radius 1 is 1.08 bits per heavy atom. The number of carbonyl (C=O) groups excluding carboxylic acids is 1. The molecule has 2 aromatic carbocycles. The van der Waals surface area contributed by atoms with Gasteiger partial charge in [0.05, 0.1) is 17.4 Å². The van der Waals surface area contributed by atoms with Crippen molar-refractivity contribution in [1.29, 1.82) is 0 Å². The van der Waals surface area contributed by atoms with Crippen molar-refractivity contribution in [2.75, 3.05) is 14.1 Å². The predicted octanol–water partition coefficient (Wildman–Crippen LogP) is 3.21. The minimum Gasteiger partial charge on any atom is -0.386 e. The average molecular weight is 320 g/mol. The van der Waals surface area contributed by atoms with Gasteiger partial charge in [-0.3, -0.25) is 9.78 Å². The lowest BCUT2D eigenvalue weighted by Crippen LogP contribution is -2.21. The van der Waals surface area contributed by atoms with Crippen molar-refractivity contribution < 1.29 is 9.90 Å². The number of pyridine rings is 1. The second-order valence-electron chi connectivity index (χ2n) is 6.03. The van der Waals surface area contributed by atoms with Crippen LogP contribution < -0.4 is 0 Å². The molecule has 4 nitrogen and oxygen atoms in total. The van der Waals surface area contributed by atoms with Gasteiger partial charge in [0.2, 0.25) is 0 Å². The Morgan fingerprint density at radius 3 is 2.54 bits per heavy atom. The molecule has 1 N–H and O–H groups in total. The third-order valence-electron chi connectivity index (χ3n) is 4.07. The van der Waals surface area contributed by atoms with Gasteiger partial charge in [-0.25, -0.2) is 0 Å². The van der Waals surface area contributed by atoms with Gasteiger partial charge in [-0.2, -0.15) is 0 Å². The molecule has 122 valence electrons. The minimum atomic E-state index is -0.709. The van der Waals surface area contributed by atoms with Crippen molar-refractivity contribution in [3.8, 4) is 0 Å². The molecule has 0 saturated carbocycles. The van der Waals surface area contributed by atoms with Crippen LogP contribution in [-0.4, -0.2) is 35.0 Å². The van der Waals surface area contributed by atoms with E-state index in [1.54, 1.807) is 26.2 Å². The Balaban J connectivity index is 1.82. The Labute approximate surface area is 141 Å². The Bertz CT molecular complexity index is 852. The maximum Gasteiger partial charge on any atom is 0.254 e. The van der Waals surface area contributed by atoms with Crippen LogP contribution in [0.1, 0.15) is 27.7 Å². The fourth-order valence-electron chi connectivity index (χ4n) is 2.77. The average Bonchev–Trinajstić information content (AvgIpc) is 2.61. The summed E-state index contributed by atoms with van der Waals surface area (Å²) in [7, 11) is 3.40. The first-order chi connectivity index (χ1) is 11.6. The summed E-state index contributed by atoms with van der Waals surface area (Å²) in [4.78, 5) is 17.7. The van der Waals surface area contributed by atoms with Crippen LogP contribution in [0.2, 0.25) is 0 Å². The van der Waals surface area contributed by atoms with Crippen LogP contribution in [0.15, 0.2) is 60.8 Å². The maximum atomic E-state index is 11.9. The number of rotatable bonds is 4. The molecule has 0 saturated heterocycles. The summed E-state index contributed by atoms with van der Waals surface area (Å²) in [5.41, 5.74) is 2.16. The largest absolute Gasteiger partial charge is 0.386 e. The lowest BCUT2D eigenvalue weighted by atomic mass is 9.98. The third kappa shape index (κ3) is 3.29. The van der Waals surface area contributed by atoms with E-state index in [0.717, 1.165) is 16.3 Å². The van der Waals surface area contributed by atoms with E-state index in [2.05, 4.69) is 23.2 Å². The van der Waals surface area contributed by atoms with Crippen LogP contribution in [-0.2, 0) is 6.42 Å². The summed E-state index contributed by atoms with van der Waals surface area (Å²) in [5, 5.41) is 12.8. The van der Waals surface area contributed by atoms with Crippen LogP contribution in [0, 0.1) is 0 Å². The van der Waals surface area contributed by atoms with Crippen molar-refractivity contribution in [2.24, 2.45) is 0 Å². The first-order valence-electron chi connectivity index (χ1n) is 7.88. The second kappa shape index (κ2) is 6.81. The lowest BCUT2D eigenvalue weighted by Gasteiger charge is -2.14. The summed E-state index contributed by atoms with van der Waals surface area (Å²) in [5.74, 6) is -0.0995. The van der Waals surface area contributed by atoms with Crippen molar-refractivity contribution in [1.82, 2.24) is 9.88 Å². The SMILES string of the molecule is CN(C)C(=O)c1ccc(C(O)Cc2cccc3ccccc23)nc1. The van der Waals surface area contributed by atoms with Gasteiger partial charge in [0.25, 0.3) is 5.91 Å². The number of benzene rings is 2. The first-order valence-corrected chi connectivity index (χ1v) is 7.88. The molecule has 0 fully saturated rings. The Morgan fingerprint density at radius 2 is 1.83 bits per heavy atom. The number of carbonyl (C=O) groups is 1. The number of hydrogen-bond acceptors (Lipinski definition) is 3. The molecule has 4 heteroatoms. The number of hydrogen-bond donors (Lipinski definition) is 1. The van der Waals surface area contributed by atoms with E-state index < -0.39 is 6.10 Å². The molecule has 1 amide bonds. The molecular formula is C20H20N2O2. The molecule has 0 aliphatic rings. The first kappa shape index (κ1) is 16.1. The van der Waals surface area contributed by atoms with Crippen LogP contribution in [0.3, 0.4) is 0 Å². The van der Waals surface area contributed by atoms with E-state index in [1.165, 1.54) is 11.1 Å². The van der Waals surface area contributed by atoms with Gasteiger partial charge in [0.15, 0.2) is 0 Å². The zero-order valence-electron chi connectivity index (χ0n) is 13.8. The van der Waals surface area contributed by atoms with Crippen LogP contribution in [0.5, 0.6) is 0 Å². The number of aliphatic hydroxyl groups is 1. The molecule has 1 atom stereocenters. The van der Waals surface area contributed by atoms with E-state index in [9.17, 15) is 9.90 Å². The second-order valence-corrected chi connectivity index (χ2v) is 6.03. The number of amides is 1. The van der Waals surface area contributed by atoms with Crippen molar-refractivity contribution in [3.05, 3.63) is 77.6 Å². The highest BCUT2D eigenvalue weighted by atomic mass is 16.3. The summed E-state index contributed by atoms with van der Waals surface area (Å²) < 4.78 is 0. The smallest absolute Gasteiger partial charge is 0.254 e. The minimum absolute atomic E-state index is 0.0995. The third-order valence-corrected chi connectivity index (χ3v) is 4.07. The summed E-state index contributed by atoms with van der Waals surface area (Å²) in [6.07, 6.45) is 1.29. The number of nitrogens with zero attached hydrogens (tertiary/aromatic N) is 2. The molecule has 1 heterocycles. The molecule has 0 spiro atoms. The molecule has 1 unspecified atom stereocenters. The molecular weight excluding hydrogens is 300 g/mol. The zero-order chi connectivity index (χ0) is 17.1. The van der Waals surface area contributed by atoms with Gasteiger partial charge in [-0.05, 0) is 28.5 Å². The van der Waals surface area contributed by atoms with E-state index in [0.29, 0.717) is 17.7 Å². The van der Waals surface area contributed by atoms with E-state index >= 15 is 0 Å². The highest BCUT2D eigenvalue weighted by molar-refractivity contribution is 5.93. The van der Waals surface area contributed by atoms with Gasteiger partial charge in [0, 0.05) is 26.7 Å². The topological polar surface area (TPSA) is 53.4 Å². The standard InChI is InChI=1S/C20H20N2O2/c1-22(2)20(24)16-10-11-18(21-13-16)19(23)12-15-8-5-7-14-6-3-4-9-17(14)15/h3-11,13,19,23H,12H2,1-2H3. The molecule has 0 bridgehead atoms. The molecule has 0 radical (unpaired) electrons. The van der Waals surface area contributed by atoms with Crippen molar-refractivity contribution >= 4 is 16.7 Å². The van der Waals surface area contributed by atoms with E-state index in [-0.39, 0.29) is 5.91 Å². The van der Waals surface area contributed by atoms with Crippen molar-refractivity contribution in [3.63, 3.8) is 0 Å². The normalized spacial score (nSPS) is 12.1. The summed E-state index contributed by atoms with van der Waals surface area (Å²) in [6.45, 7) is 0. The molecule has 3 rings (SSSR count). The van der Waals surface area contributed by atoms with Gasteiger partial charge < -0.3 is 10.0 Å². The highest BCUT2D eigenvalue weighted by Crippen LogP contribution is 2.24. The molecule has 1 aromatic heterocycles. The number of fused-ring (bicyclic) bond motifs is 1. The van der Waals surface area contributed by atoms with E-state index in [4.69, 9.17) is 0 Å². The lowest BCUT2D eigenvalue weighted by molar-refractivity contribution is 0.0827.